The Kier molecular flexibility index (Phi) is 6.28. The third kappa shape index (κ3) is 4.47. The molecule has 96 valence electrons. The summed E-state index contributed by atoms with van der Waals surface area (Å²) in [5, 5.41) is 4.71. The maximum atomic E-state index is 6.15. The van der Waals surface area contributed by atoms with Crippen LogP contribution in [0.5, 0.6) is 0 Å². The van der Waals surface area contributed by atoms with Crippen LogP contribution in [0.15, 0.2) is 18.2 Å². The molecule has 17 heavy (non-hydrogen) atoms. The smallest absolute Gasteiger partial charge is 0.0702 e. The minimum atomic E-state index is 0.139. The summed E-state index contributed by atoms with van der Waals surface area (Å²) in [6, 6.07) is 5.77. The van der Waals surface area contributed by atoms with Gasteiger partial charge in [-0.1, -0.05) is 23.2 Å². The molecule has 0 aromatic heterocycles. The first-order valence-corrected chi connectivity index (χ1v) is 6.56. The van der Waals surface area contributed by atoms with Crippen molar-refractivity contribution in [3.8, 4) is 0 Å². The highest BCUT2D eigenvalue weighted by Crippen LogP contribution is 2.22. The fourth-order valence-corrected chi connectivity index (χ4v) is 2.21. The fraction of sp³-hybridized carbons (Fsp3) is 0.538. The van der Waals surface area contributed by atoms with Crippen molar-refractivity contribution in [3.63, 3.8) is 0 Å². The van der Waals surface area contributed by atoms with Gasteiger partial charge in [0.15, 0.2) is 0 Å². The number of benzene rings is 1. The molecule has 2 unspecified atom stereocenters. The molecule has 0 fully saturated rings. The average molecular weight is 276 g/mol. The van der Waals surface area contributed by atoms with Crippen molar-refractivity contribution >= 4 is 23.2 Å². The van der Waals surface area contributed by atoms with E-state index in [1.807, 2.05) is 26.1 Å². The summed E-state index contributed by atoms with van der Waals surface area (Å²) in [7, 11) is 1.93. The van der Waals surface area contributed by atoms with Crippen LogP contribution in [0.4, 0.5) is 0 Å². The van der Waals surface area contributed by atoms with Gasteiger partial charge in [0.1, 0.15) is 0 Å². The van der Waals surface area contributed by atoms with Crippen LogP contribution < -0.4 is 5.32 Å². The molecule has 0 heterocycles. The lowest BCUT2D eigenvalue weighted by atomic mass is 10.0. The maximum absolute atomic E-state index is 6.15. The van der Waals surface area contributed by atoms with Crippen molar-refractivity contribution in [2.45, 2.75) is 32.4 Å². The largest absolute Gasteiger partial charge is 0.377 e. The Hall–Kier alpha value is -0.280. The molecule has 4 heteroatoms. The normalized spacial score (nSPS) is 14.6. The highest BCUT2D eigenvalue weighted by molar-refractivity contribution is 6.33. The summed E-state index contributed by atoms with van der Waals surface area (Å²) in [5.74, 6) is 0. The minimum Gasteiger partial charge on any atom is -0.377 e. The Morgan fingerprint density at radius 3 is 2.65 bits per heavy atom. The Bertz CT molecular complexity index is 357. The minimum absolute atomic E-state index is 0.139. The monoisotopic (exact) mass is 275 g/mol. The molecular weight excluding hydrogens is 257 g/mol. The molecule has 0 bridgehead atoms. The van der Waals surface area contributed by atoms with Gasteiger partial charge in [-0.25, -0.2) is 0 Å². The van der Waals surface area contributed by atoms with E-state index in [1.165, 1.54) is 0 Å². The second kappa shape index (κ2) is 7.22. The molecular formula is C13H19Cl2NO. The third-order valence-corrected chi connectivity index (χ3v) is 3.42. The Labute approximate surface area is 113 Å². The molecule has 0 amide bonds. The predicted octanol–water partition coefficient (Wildman–Crippen LogP) is 3.55. The SMILES string of the molecule is CCOC(C)C(Cc1cc(Cl)ccc1Cl)NC. The van der Waals surface area contributed by atoms with E-state index in [1.54, 1.807) is 6.07 Å². The van der Waals surface area contributed by atoms with Gasteiger partial charge < -0.3 is 10.1 Å². The molecule has 0 aliphatic rings. The molecule has 1 N–H and O–H groups in total. The number of ether oxygens (including phenoxy) is 1. The van der Waals surface area contributed by atoms with Gasteiger partial charge in [-0.3, -0.25) is 0 Å². The van der Waals surface area contributed by atoms with E-state index in [2.05, 4.69) is 12.2 Å². The quantitative estimate of drug-likeness (QED) is 0.858. The third-order valence-electron chi connectivity index (χ3n) is 2.81. The van der Waals surface area contributed by atoms with Crippen LogP contribution in [0, 0.1) is 0 Å². The number of likely N-dealkylation sites (N-methyl/N-ethyl adjacent to an activating group) is 1. The summed E-state index contributed by atoms with van der Waals surface area (Å²) < 4.78 is 5.60. The molecule has 2 atom stereocenters. The van der Waals surface area contributed by atoms with Crippen LogP contribution in [-0.2, 0) is 11.2 Å². The molecule has 0 spiro atoms. The highest BCUT2D eigenvalue weighted by atomic mass is 35.5. The molecule has 1 aromatic rings. The second-order valence-corrected chi connectivity index (χ2v) is 4.84. The van der Waals surface area contributed by atoms with Gasteiger partial charge in [-0.05, 0) is 51.1 Å². The van der Waals surface area contributed by atoms with E-state index in [0.29, 0.717) is 11.6 Å². The number of nitrogens with one attached hydrogen (secondary N) is 1. The number of halogens is 2. The number of hydrogen-bond donors (Lipinski definition) is 1. The van der Waals surface area contributed by atoms with Gasteiger partial charge in [-0.15, -0.1) is 0 Å². The van der Waals surface area contributed by atoms with Crippen LogP contribution in [0.2, 0.25) is 10.0 Å². The summed E-state index contributed by atoms with van der Waals surface area (Å²) >= 11 is 12.1. The maximum Gasteiger partial charge on any atom is 0.0702 e. The Morgan fingerprint density at radius 2 is 2.06 bits per heavy atom. The second-order valence-electron chi connectivity index (χ2n) is 4.00. The van der Waals surface area contributed by atoms with E-state index in [-0.39, 0.29) is 12.1 Å². The van der Waals surface area contributed by atoms with E-state index in [0.717, 1.165) is 17.0 Å². The van der Waals surface area contributed by atoms with Gasteiger partial charge in [0, 0.05) is 22.7 Å². The lowest BCUT2D eigenvalue weighted by molar-refractivity contribution is 0.0497. The van der Waals surface area contributed by atoms with Crippen molar-refractivity contribution in [2.24, 2.45) is 0 Å². The van der Waals surface area contributed by atoms with Gasteiger partial charge in [-0.2, -0.15) is 0 Å². The average Bonchev–Trinajstić information content (AvgIpc) is 2.30. The predicted molar refractivity (Wildman–Crippen MR) is 74.1 cm³/mol. The summed E-state index contributed by atoms with van der Waals surface area (Å²) in [6.07, 6.45) is 0.942. The number of hydrogen-bond acceptors (Lipinski definition) is 2. The molecule has 1 rings (SSSR count). The lowest BCUT2D eigenvalue weighted by Gasteiger charge is -2.24. The lowest BCUT2D eigenvalue weighted by Crippen LogP contribution is -2.39. The topological polar surface area (TPSA) is 21.3 Å². The van der Waals surface area contributed by atoms with Crippen molar-refractivity contribution in [1.29, 1.82) is 0 Å². The van der Waals surface area contributed by atoms with E-state index < -0.39 is 0 Å². The molecule has 0 aliphatic heterocycles. The van der Waals surface area contributed by atoms with Gasteiger partial charge >= 0.3 is 0 Å². The van der Waals surface area contributed by atoms with Gasteiger partial charge in [0.25, 0.3) is 0 Å². The van der Waals surface area contributed by atoms with Crippen LogP contribution in [0.3, 0.4) is 0 Å². The van der Waals surface area contributed by atoms with E-state index in [9.17, 15) is 0 Å². The summed E-state index contributed by atoms with van der Waals surface area (Å²) in [4.78, 5) is 0. The molecule has 1 aromatic carbocycles. The molecule has 0 saturated carbocycles. The zero-order valence-electron chi connectivity index (χ0n) is 10.5. The van der Waals surface area contributed by atoms with Crippen molar-refractivity contribution in [3.05, 3.63) is 33.8 Å². The molecule has 0 aliphatic carbocycles. The zero-order valence-corrected chi connectivity index (χ0v) is 12.0. The fourth-order valence-electron chi connectivity index (χ4n) is 1.82. The number of rotatable bonds is 6. The Morgan fingerprint density at radius 1 is 1.35 bits per heavy atom. The molecule has 0 radical (unpaired) electrons. The molecule has 2 nitrogen and oxygen atoms in total. The van der Waals surface area contributed by atoms with Crippen molar-refractivity contribution in [2.75, 3.05) is 13.7 Å². The van der Waals surface area contributed by atoms with Crippen LogP contribution >= 0.6 is 23.2 Å². The summed E-state index contributed by atoms with van der Waals surface area (Å²) in [6.45, 7) is 4.77. The van der Waals surface area contributed by atoms with Gasteiger partial charge in [0.2, 0.25) is 0 Å². The van der Waals surface area contributed by atoms with E-state index in [4.69, 9.17) is 27.9 Å². The first-order valence-electron chi connectivity index (χ1n) is 5.81. The van der Waals surface area contributed by atoms with E-state index >= 15 is 0 Å². The summed E-state index contributed by atoms with van der Waals surface area (Å²) in [5.41, 5.74) is 1.05. The highest BCUT2D eigenvalue weighted by Gasteiger charge is 2.17. The standard InChI is InChI=1S/C13H19Cl2NO/c1-4-17-9(2)13(16-3)8-10-7-11(14)5-6-12(10)15/h5-7,9,13,16H,4,8H2,1-3H3. The molecule has 0 saturated heterocycles. The first-order chi connectivity index (χ1) is 8.08. The zero-order chi connectivity index (χ0) is 12.8. The van der Waals surface area contributed by atoms with Crippen molar-refractivity contribution < 1.29 is 4.74 Å². The first kappa shape index (κ1) is 14.8. The van der Waals surface area contributed by atoms with Crippen molar-refractivity contribution in [1.82, 2.24) is 5.32 Å². The van der Waals surface area contributed by atoms with Crippen LogP contribution in [0.1, 0.15) is 19.4 Å². The van der Waals surface area contributed by atoms with Crippen LogP contribution in [-0.4, -0.2) is 25.8 Å². The van der Waals surface area contributed by atoms with Crippen LogP contribution in [0.25, 0.3) is 0 Å². The van der Waals surface area contributed by atoms with Gasteiger partial charge in [0.05, 0.1) is 6.10 Å². The Balaban J connectivity index is 2.76.